The van der Waals surface area contributed by atoms with Crippen LogP contribution in [0, 0.1) is 24.7 Å². The lowest BCUT2D eigenvalue weighted by Gasteiger charge is -1.94. The molecule has 1 saturated carbocycles. The maximum atomic E-state index is 3.95. The highest BCUT2D eigenvalue weighted by molar-refractivity contribution is 4.89. The van der Waals surface area contributed by atoms with E-state index in [1.807, 2.05) is 0 Å². The standard InChI is InChI=1S/C7H13/c1-5(2)7-4-6(7)3/h5-7H,3-4H2,1-2H3/q+1. The van der Waals surface area contributed by atoms with Crippen LogP contribution < -0.4 is 0 Å². The van der Waals surface area contributed by atoms with Crippen molar-refractivity contribution in [2.75, 3.05) is 0 Å². The van der Waals surface area contributed by atoms with Gasteiger partial charge in [0.25, 0.3) is 0 Å². The maximum Gasteiger partial charge on any atom is 0.0989 e. The normalized spacial score (nSPS) is 39.3. The lowest BCUT2D eigenvalue weighted by atomic mass is 10.1. The highest BCUT2D eigenvalue weighted by atomic mass is 14.4. The zero-order chi connectivity index (χ0) is 5.44. The van der Waals surface area contributed by atoms with Crippen molar-refractivity contribution in [1.29, 1.82) is 0 Å². The molecule has 1 aliphatic carbocycles. The molecular formula is C7H13+. The first-order chi connectivity index (χ1) is 3.22. The number of rotatable bonds is 1. The first kappa shape index (κ1) is 5.02. The van der Waals surface area contributed by atoms with Crippen molar-refractivity contribution in [3.8, 4) is 0 Å². The predicted molar refractivity (Wildman–Crippen MR) is 31.8 cm³/mol. The van der Waals surface area contributed by atoms with Crippen LogP contribution in [0.4, 0.5) is 0 Å². The van der Waals surface area contributed by atoms with Crippen LogP contribution in [0.1, 0.15) is 20.3 Å². The molecule has 0 N–H and O–H groups in total. The Kier molecular flexibility index (Phi) is 1.02. The topological polar surface area (TPSA) is 0 Å². The Balaban J connectivity index is 2.20. The summed E-state index contributed by atoms with van der Waals surface area (Å²) in [6.07, 6.45) is 1.37. The monoisotopic (exact) mass is 97.1 g/mol. The number of hydrogen-bond acceptors (Lipinski definition) is 0. The van der Waals surface area contributed by atoms with Gasteiger partial charge in [0.2, 0.25) is 0 Å². The molecule has 0 spiro atoms. The Morgan fingerprint density at radius 3 is 2.00 bits per heavy atom. The second kappa shape index (κ2) is 1.43. The van der Waals surface area contributed by atoms with E-state index in [0.717, 1.165) is 17.8 Å². The van der Waals surface area contributed by atoms with Crippen LogP contribution in [0.5, 0.6) is 0 Å². The molecule has 40 valence electrons. The second-order valence-corrected chi connectivity index (χ2v) is 2.90. The van der Waals surface area contributed by atoms with Crippen molar-refractivity contribution >= 4 is 0 Å². The maximum absolute atomic E-state index is 3.95. The van der Waals surface area contributed by atoms with Crippen LogP contribution in [0.15, 0.2) is 0 Å². The van der Waals surface area contributed by atoms with Crippen LogP contribution in [-0.4, -0.2) is 0 Å². The summed E-state index contributed by atoms with van der Waals surface area (Å²) in [5.74, 6) is 2.63. The van der Waals surface area contributed by atoms with Crippen molar-refractivity contribution in [3.05, 3.63) is 6.92 Å². The summed E-state index contributed by atoms with van der Waals surface area (Å²) in [4.78, 5) is 0. The lowest BCUT2D eigenvalue weighted by Crippen LogP contribution is -1.89. The minimum atomic E-state index is 0.792. The molecule has 1 aliphatic rings. The molecule has 0 aromatic heterocycles. The number of hydrogen-bond donors (Lipinski definition) is 0. The summed E-state index contributed by atoms with van der Waals surface area (Å²) in [5.41, 5.74) is 0. The summed E-state index contributed by atoms with van der Waals surface area (Å²) < 4.78 is 0. The van der Waals surface area contributed by atoms with Crippen molar-refractivity contribution in [3.63, 3.8) is 0 Å². The SMILES string of the molecule is [CH2+]C1CC1C(C)C. The highest BCUT2D eigenvalue weighted by Crippen LogP contribution is 2.42. The van der Waals surface area contributed by atoms with E-state index in [4.69, 9.17) is 0 Å². The van der Waals surface area contributed by atoms with Gasteiger partial charge in [-0.2, -0.15) is 0 Å². The van der Waals surface area contributed by atoms with E-state index in [-0.39, 0.29) is 0 Å². The summed E-state index contributed by atoms with van der Waals surface area (Å²) >= 11 is 0. The fourth-order valence-electron chi connectivity index (χ4n) is 1.09. The molecule has 2 atom stereocenters. The van der Waals surface area contributed by atoms with Gasteiger partial charge >= 0.3 is 0 Å². The van der Waals surface area contributed by atoms with E-state index in [1.54, 1.807) is 0 Å². The third kappa shape index (κ3) is 0.902. The highest BCUT2D eigenvalue weighted by Gasteiger charge is 2.41. The van der Waals surface area contributed by atoms with Gasteiger partial charge in [-0.15, -0.1) is 0 Å². The quantitative estimate of drug-likeness (QED) is 0.439. The molecule has 0 nitrogen and oxygen atoms in total. The molecular weight excluding hydrogens is 84.1 g/mol. The zero-order valence-electron chi connectivity index (χ0n) is 5.15. The lowest BCUT2D eigenvalue weighted by molar-refractivity contribution is 0.542. The molecule has 0 amide bonds. The molecule has 0 radical (unpaired) electrons. The van der Waals surface area contributed by atoms with Gasteiger partial charge in [-0.25, -0.2) is 0 Å². The Morgan fingerprint density at radius 1 is 1.57 bits per heavy atom. The van der Waals surface area contributed by atoms with E-state index in [0.29, 0.717) is 0 Å². The first-order valence-corrected chi connectivity index (χ1v) is 3.05. The van der Waals surface area contributed by atoms with E-state index in [9.17, 15) is 0 Å². The summed E-state index contributed by atoms with van der Waals surface area (Å²) in [6.45, 7) is 8.50. The van der Waals surface area contributed by atoms with Gasteiger partial charge in [0.15, 0.2) is 0 Å². The Bertz CT molecular complexity index is 64.4. The molecule has 1 rings (SSSR count). The van der Waals surface area contributed by atoms with Gasteiger partial charge in [-0.3, -0.25) is 0 Å². The van der Waals surface area contributed by atoms with Gasteiger partial charge in [-0.05, 0) is 12.3 Å². The van der Waals surface area contributed by atoms with E-state index in [1.165, 1.54) is 6.42 Å². The van der Waals surface area contributed by atoms with Gasteiger partial charge in [0.05, 0.1) is 12.8 Å². The zero-order valence-corrected chi connectivity index (χ0v) is 5.15. The first-order valence-electron chi connectivity index (χ1n) is 3.05. The summed E-state index contributed by atoms with van der Waals surface area (Å²) in [5, 5.41) is 0. The van der Waals surface area contributed by atoms with Crippen molar-refractivity contribution in [2.45, 2.75) is 20.3 Å². The van der Waals surface area contributed by atoms with Crippen LogP contribution >= 0.6 is 0 Å². The fourth-order valence-corrected chi connectivity index (χ4v) is 1.09. The van der Waals surface area contributed by atoms with Crippen molar-refractivity contribution in [1.82, 2.24) is 0 Å². The van der Waals surface area contributed by atoms with Crippen LogP contribution in [0.3, 0.4) is 0 Å². The minimum Gasteiger partial charge on any atom is -0.0623 e. The molecule has 0 heteroatoms. The molecule has 0 bridgehead atoms. The smallest absolute Gasteiger partial charge is 0.0623 e. The average molecular weight is 97.2 g/mol. The van der Waals surface area contributed by atoms with E-state index in [2.05, 4.69) is 20.8 Å². The average Bonchev–Trinajstić information content (AvgIpc) is 2.17. The molecule has 7 heavy (non-hydrogen) atoms. The van der Waals surface area contributed by atoms with Crippen LogP contribution in [0.25, 0.3) is 0 Å². The summed E-state index contributed by atoms with van der Waals surface area (Å²) in [7, 11) is 0. The minimum absolute atomic E-state index is 0.792. The van der Waals surface area contributed by atoms with E-state index < -0.39 is 0 Å². The molecule has 0 aromatic carbocycles. The second-order valence-electron chi connectivity index (χ2n) is 2.90. The van der Waals surface area contributed by atoms with Gasteiger partial charge in [-0.1, -0.05) is 13.8 Å². The molecule has 0 aromatic rings. The molecule has 0 aliphatic heterocycles. The third-order valence-electron chi connectivity index (χ3n) is 1.83. The van der Waals surface area contributed by atoms with Crippen molar-refractivity contribution < 1.29 is 0 Å². The van der Waals surface area contributed by atoms with Crippen molar-refractivity contribution in [2.24, 2.45) is 17.8 Å². The van der Waals surface area contributed by atoms with Gasteiger partial charge < -0.3 is 0 Å². The predicted octanol–water partition coefficient (Wildman–Crippen LogP) is 2.11. The molecule has 0 heterocycles. The fraction of sp³-hybridized carbons (Fsp3) is 0.857. The third-order valence-corrected chi connectivity index (χ3v) is 1.83. The Labute approximate surface area is 45.9 Å². The largest absolute Gasteiger partial charge is 0.0989 e. The Morgan fingerprint density at radius 2 is 2.00 bits per heavy atom. The van der Waals surface area contributed by atoms with E-state index >= 15 is 0 Å². The van der Waals surface area contributed by atoms with Gasteiger partial charge in [0.1, 0.15) is 0 Å². The van der Waals surface area contributed by atoms with Crippen LogP contribution in [0.2, 0.25) is 0 Å². The Hall–Kier alpha value is -0.130. The molecule has 0 saturated heterocycles. The molecule has 2 unspecified atom stereocenters. The summed E-state index contributed by atoms with van der Waals surface area (Å²) in [6, 6.07) is 0. The molecule has 1 fully saturated rings. The van der Waals surface area contributed by atoms with Gasteiger partial charge in [0, 0.05) is 5.92 Å². The van der Waals surface area contributed by atoms with Crippen LogP contribution in [-0.2, 0) is 0 Å².